The number of aryl methyl sites for hydroxylation is 1. The summed E-state index contributed by atoms with van der Waals surface area (Å²) in [7, 11) is -4.71. The molecule has 1 unspecified atom stereocenters. The van der Waals surface area contributed by atoms with Crippen LogP contribution >= 0.6 is 7.82 Å². The predicted octanol–water partition coefficient (Wildman–Crippen LogP) is 0.706. The van der Waals surface area contributed by atoms with Gasteiger partial charge in [-0.25, -0.2) is 9.36 Å². The monoisotopic (exact) mass is 375 g/mol. The summed E-state index contributed by atoms with van der Waals surface area (Å²) in [5.74, 6) is -1.38. The standard InChI is InChI=1S/C14H22N3O7P/c1-9-13(18)11(10(6-16-9)8-24-25(21,22)23)7-17-12(14(19)20)4-2-3-5-15/h6-7,12,18H,2-5,8,15H2,1H3,(H,19,20)(H2,21,22,23). The second kappa shape index (κ2) is 9.59. The van der Waals surface area contributed by atoms with Crippen LogP contribution in [0.25, 0.3) is 0 Å². The number of aromatic nitrogens is 1. The Hall–Kier alpha value is -1.84. The number of nitrogens with two attached hydrogens (primary N) is 1. The lowest BCUT2D eigenvalue weighted by atomic mass is 10.1. The zero-order valence-corrected chi connectivity index (χ0v) is 14.6. The minimum Gasteiger partial charge on any atom is -0.505 e. The second-order valence-electron chi connectivity index (χ2n) is 5.31. The Kier molecular flexibility index (Phi) is 8.14. The van der Waals surface area contributed by atoms with Crippen molar-refractivity contribution < 1.29 is 33.9 Å². The number of carboxylic acid groups (broad SMARTS) is 1. The van der Waals surface area contributed by atoms with Crippen LogP contribution in [0.2, 0.25) is 0 Å². The highest BCUT2D eigenvalue weighted by Gasteiger charge is 2.19. The van der Waals surface area contributed by atoms with Gasteiger partial charge in [-0.3, -0.25) is 14.5 Å². The van der Waals surface area contributed by atoms with Gasteiger partial charge in [-0.15, -0.1) is 0 Å². The first kappa shape index (κ1) is 21.2. The molecule has 0 aliphatic carbocycles. The molecule has 0 bridgehead atoms. The Morgan fingerprint density at radius 3 is 2.72 bits per heavy atom. The van der Waals surface area contributed by atoms with Crippen LogP contribution in [-0.4, -0.2) is 49.8 Å². The number of carboxylic acids is 1. The smallest absolute Gasteiger partial charge is 0.469 e. The van der Waals surface area contributed by atoms with Crippen molar-refractivity contribution >= 4 is 20.0 Å². The summed E-state index contributed by atoms with van der Waals surface area (Å²) >= 11 is 0. The topological polar surface area (TPSA) is 176 Å². The van der Waals surface area contributed by atoms with E-state index in [1.54, 1.807) is 0 Å². The number of pyridine rings is 1. The molecule has 0 amide bonds. The molecule has 10 nitrogen and oxygen atoms in total. The lowest BCUT2D eigenvalue weighted by Gasteiger charge is -2.12. The summed E-state index contributed by atoms with van der Waals surface area (Å²) in [6, 6.07) is -1.02. The van der Waals surface area contributed by atoms with E-state index in [0.717, 1.165) is 6.21 Å². The summed E-state index contributed by atoms with van der Waals surface area (Å²) in [5, 5.41) is 19.3. The summed E-state index contributed by atoms with van der Waals surface area (Å²) in [4.78, 5) is 36.7. The Morgan fingerprint density at radius 2 is 2.16 bits per heavy atom. The van der Waals surface area contributed by atoms with E-state index in [9.17, 15) is 19.6 Å². The maximum absolute atomic E-state index is 11.3. The average Bonchev–Trinajstić information content (AvgIpc) is 2.52. The molecule has 1 aromatic heterocycles. The van der Waals surface area contributed by atoms with E-state index in [-0.39, 0.29) is 29.0 Å². The van der Waals surface area contributed by atoms with E-state index in [0.29, 0.717) is 19.4 Å². The van der Waals surface area contributed by atoms with Crippen molar-refractivity contribution in [3.63, 3.8) is 0 Å². The highest BCUT2D eigenvalue weighted by Crippen LogP contribution is 2.37. The molecule has 6 N–H and O–H groups in total. The van der Waals surface area contributed by atoms with Crippen molar-refractivity contribution in [3.05, 3.63) is 23.0 Å². The summed E-state index contributed by atoms with van der Waals surface area (Å²) in [6.45, 7) is 1.46. The zero-order valence-electron chi connectivity index (χ0n) is 13.7. The molecular formula is C14H22N3O7P. The number of rotatable bonds is 10. The van der Waals surface area contributed by atoms with Crippen molar-refractivity contribution in [1.29, 1.82) is 0 Å². The van der Waals surface area contributed by atoms with Crippen LogP contribution in [0.1, 0.15) is 36.1 Å². The molecule has 0 spiro atoms. The summed E-state index contributed by atoms with van der Waals surface area (Å²) < 4.78 is 15.2. The molecule has 1 heterocycles. The number of nitrogens with zero attached hydrogens (tertiary/aromatic N) is 2. The molecule has 0 radical (unpaired) electrons. The van der Waals surface area contributed by atoms with Crippen LogP contribution in [0.4, 0.5) is 0 Å². The maximum Gasteiger partial charge on any atom is 0.469 e. The zero-order chi connectivity index (χ0) is 19.0. The minimum atomic E-state index is -4.71. The molecule has 1 aromatic rings. The van der Waals surface area contributed by atoms with Gasteiger partial charge in [0.2, 0.25) is 0 Å². The van der Waals surface area contributed by atoms with Crippen molar-refractivity contribution in [1.82, 2.24) is 4.98 Å². The number of phosphoric acid groups is 1. The van der Waals surface area contributed by atoms with Gasteiger partial charge in [-0.1, -0.05) is 0 Å². The highest BCUT2D eigenvalue weighted by molar-refractivity contribution is 7.46. The van der Waals surface area contributed by atoms with Crippen LogP contribution in [0.15, 0.2) is 11.2 Å². The fourth-order valence-electron chi connectivity index (χ4n) is 1.97. The molecule has 11 heteroatoms. The third kappa shape index (κ3) is 7.29. The van der Waals surface area contributed by atoms with Crippen molar-refractivity contribution in [3.8, 4) is 5.75 Å². The van der Waals surface area contributed by atoms with Crippen molar-refractivity contribution in [2.75, 3.05) is 6.54 Å². The van der Waals surface area contributed by atoms with E-state index in [2.05, 4.69) is 14.5 Å². The number of aliphatic carboxylic acids is 1. The third-order valence-corrected chi connectivity index (χ3v) is 3.81. The lowest BCUT2D eigenvalue weighted by Crippen LogP contribution is -2.18. The number of unbranched alkanes of at least 4 members (excludes halogenated alkanes) is 1. The van der Waals surface area contributed by atoms with Gasteiger partial charge < -0.3 is 25.7 Å². The van der Waals surface area contributed by atoms with E-state index in [1.807, 2.05) is 0 Å². The van der Waals surface area contributed by atoms with Gasteiger partial charge in [-0.05, 0) is 32.7 Å². The molecule has 1 atom stereocenters. The molecule has 0 aromatic carbocycles. The lowest BCUT2D eigenvalue weighted by molar-refractivity contribution is -0.138. The number of carbonyl (C=O) groups is 1. The molecule has 25 heavy (non-hydrogen) atoms. The maximum atomic E-state index is 11.3. The fourth-order valence-corrected chi connectivity index (χ4v) is 2.28. The first-order valence-corrected chi connectivity index (χ1v) is 9.02. The first-order valence-electron chi connectivity index (χ1n) is 7.49. The van der Waals surface area contributed by atoms with Crippen molar-refractivity contribution in [2.45, 2.75) is 38.8 Å². The van der Waals surface area contributed by atoms with Crippen LogP contribution in [0.5, 0.6) is 5.75 Å². The minimum absolute atomic E-state index is 0.103. The van der Waals surface area contributed by atoms with Gasteiger partial charge in [0, 0.05) is 23.5 Å². The average molecular weight is 375 g/mol. The van der Waals surface area contributed by atoms with Crippen LogP contribution < -0.4 is 5.73 Å². The Bertz CT molecular complexity index is 675. The molecule has 0 fully saturated rings. The van der Waals surface area contributed by atoms with Crippen LogP contribution in [0, 0.1) is 6.92 Å². The predicted molar refractivity (Wildman–Crippen MR) is 89.4 cm³/mol. The van der Waals surface area contributed by atoms with Crippen LogP contribution in [0.3, 0.4) is 0 Å². The summed E-state index contributed by atoms with van der Waals surface area (Å²) in [6.07, 6.45) is 3.96. The number of aromatic hydroxyl groups is 1. The normalized spacial score (nSPS) is 13.3. The number of phosphoric ester groups is 1. The summed E-state index contributed by atoms with van der Waals surface area (Å²) in [5.41, 5.74) is 5.91. The van der Waals surface area contributed by atoms with Gasteiger partial charge >= 0.3 is 13.8 Å². The molecule has 0 saturated heterocycles. The molecule has 0 aliphatic rings. The SMILES string of the molecule is Cc1ncc(COP(=O)(O)O)c(C=NC(CCCCN)C(=O)O)c1O. The van der Waals surface area contributed by atoms with E-state index in [1.165, 1.54) is 13.1 Å². The molecule has 1 rings (SSSR count). The van der Waals surface area contributed by atoms with Gasteiger partial charge in [0.25, 0.3) is 0 Å². The largest absolute Gasteiger partial charge is 0.505 e. The van der Waals surface area contributed by atoms with E-state index < -0.39 is 26.4 Å². The van der Waals surface area contributed by atoms with Crippen LogP contribution in [-0.2, 0) is 20.5 Å². The number of hydrogen-bond donors (Lipinski definition) is 5. The number of aliphatic imine (C=N–C) groups is 1. The molecule has 140 valence electrons. The highest BCUT2D eigenvalue weighted by atomic mass is 31.2. The quantitative estimate of drug-likeness (QED) is 0.224. The van der Waals surface area contributed by atoms with E-state index >= 15 is 0 Å². The molecule has 0 aliphatic heterocycles. The fraction of sp³-hybridized carbons (Fsp3) is 0.500. The van der Waals surface area contributed by atoms with Crippen molar-refractivity contribution in [2.24, 2.45) is 10.7 Å². The molecular weight excluding hydrogens is 353 g/mol. The van der Waals surface area contributed by atoms with E-state index in [4.69, 9.17) is 15.5 Å². The Labute approximate surface area is 144 Å². The van der Waals surface area contributed by atoms with Gasteiger partial charge in [0.1, 0.15) is 11.8 Å². The Balaban J connectivity index is 3.05. The number of hydrogen-bond acceptors (Lipinski definition) is 7. The molecule has 0 saturated carbocycles. The van der Waals surface area contributed by atoms with Gasteiger partial charge in [0.15, 0.2) is 0 Å². The third-order valence-electron chi connectivity index (χ3n) is 3.35. The Morgan fingerprint density at radius 1 is 1.48 bits per heavy atom. The first-order chi connectivity index (χ1) is 11.7. The second-order valence-corrected chi connectivity index (χ2v) is 6.55. The van der Waals surface area contributed by atoms with Gasteiger partial charge in [0.05, 0.1) is 12.3 Å². The van der Waals surface area contributed by atoms with Gasteiger partial charge in [-0.2, -0.15) is 0 Å².